The number of carbonyl (C=O) groups is 2. The first-order valence-corrected chi connectivity index (χ1v) is 32.9. The molecule has 5 aromatic rings. The first kappa shape index (κ1) is 71.2. The summed E-state index contributed by atoms with van der Waals surface area (Å²) in [5.74, 6) is -2.90. The molecule has 0 aliphatic carbocycles. The third kappa shape index (κ3) is 16.9. The van der Waals surface area contributed by atoms with E-state index in [2.05, 4.69) is 52.4 Å². The minimum atomic E-state index is -5.64. The molecule has 0 radical (unpaired) electrons. The molecule has 0 saturated carbocycles. The number of aliphatic carboxylic acids is 1. The largest absolute Gasteiger partial charge is 0.862 e. The number of nitrogens with one attached hydrogen (secondary N) is 3. The number of thioether (sulfide) groups is 1. The van der Waals surface area contributed by atoms with Gasteiger partial charge in [-0.15, -0.1) is 0 Å². The molecule has 8 bridgehead atoms. The van der Waals surface area contributed by atoms with Gasteiger partial charge in [0.2, 0.25) is 11.7 Å². The number of imidazole rings is 1. The van der Waals surface area contributed by atoms with Crippen LogP contribution in [0, 0.1) is 19.3 Å². The van der Waals surface area contributed by atoms with Crippen LogP contribution in [0.1, 0.15) is 111 Å². The van der Waals surface area contributed by atoms with Gasteiger partial charge in [0.25, 0.3) is 0 Å². The Labute approximate surface area is 531 Å². The van der Waals surface area contributed by atoms with Crippen molar-refractivity contribution in [2.24, 2.45) is 15.4 Å². The van der Waals surface area contributed by atoms with E-state index >= 15 is 0 Å². The number of rotatable bonds is 27. The monoisotopic (exact) mass is 1370 g/mol. The summed E-state index contributed by atoms with van der Waals surface area (Å²) in [5.41, 5.74) is 16.7. The van der Waals surface area contributed by atoms with Gasteiger partial charge in [-0.25, -0.2) is 28.2 Å². The number of aliphatic hydroxyl groups excluding tert-OH is 2. The number of carbonyl (C=O) groups excluding carboxylic acids is 2. The number of carboxylic acids is 1. The van der Waals surface area contributed by atoms with Gasteiger partial charge in [-0.2, -0.15) is 9.29 Å². The van der Waals surface area contributed by atoms with Gasteiger partial charge >= 0.3 is 29.1 Å². The van der Waals surface area contributed by atoms with Crippen LogP contribution in [0.25, 0.3) is 67.7 Å². The number of aromatic amines is 3. The normalized spacial score (nSPS) is 19.2. The number of nitrogen functional groups attached to an aromatic ring is 1. The molecule has 8 heterocycles. The van der Waals surface area contributed by atoms with Crippen molar-refractivity contribution in [3.05, 3.63) is 95.1 Å². The molecular formula is C55H66N11O19P3SZn-2. The van der Waals surface area contributed by atoms with Crippen molar-refractivity contribution in [3.63, 3.8) is 0 Å². The van der Waals surface area contributed by atoms with E-state index in [9.17, 15) is 68.4 Å². The molecule has 1 saturated heterocycles. The fourth-order valence-electron chi connectivity index (χ4n) is 10.1. The van der Waals surface area contributed by atoms with Crippen molar-refractivity contribution in [1.29, 1.82) is 0 Å². The number of aliphatic imine (C=N–C) groups is 2. The van der Waals surface area contributed by atoms with Gasteiger partial charge in [-0.05, 0) is 123 Å². The molecule has 480 valence electrons. The molecule has 8 rings (SSSR count). The molecule has 3 aliphatic heterocycles. The number of carboxylic acid groups (broad SMARTS) is 1. The Morgan fingerprint density at radius 2 is 1.41 bits per heavy atom. The molecule has 0 aromatic carbocycles. The van der Waals surface area contributed by atoms with Crippen LogP contribution in [0.3, 0.4) is 0 Å². The Morgan fingerprint density at radius 3 is 2.01 bits per heavy atom. The van der Waals surface area contributed by atoms with E-state index in [0.717, 1.165) is 83.7 Å². The molecule has 5 aromatic heterocycles. The fourth-order valence-corrected chi connectivity index (χ4v) is 13.6. The number of phosphoric ester groups is 3. The van der Waals surface area contributed by atoms with Crippen LogP contribution in [-0.4, -0.2) is 144 Å². The molecule has 7 unspecified atom stereocenters. The van der Waals surface area contributed by atoms with Gasteiger partial charge < -0.3 is 80.3 Å². The molecule has 0 amide bonds. The third-order valence-electron chi connectivity index (χ3n) is 14.9. The molecule has 90 heavy (non-hydrogen) atoms. The van der Waals surface area contributed by atoms with Crippen molar-refractivity contribution in [2.45, 2.75) is 104 Å². The number of anilines is 1. The number of aryl methyl sites for hydroxylation is 2. The zero-order valence-corrected chi connectivity index (χ0v) is 56.1. The van der Waals surface area contributed by atoms with Crippen LogP contribution in [0.5, 0.6) is 0 Å². The van der Waals surface area contributed by atoms with E-state index in [1.165, 1.54) is 20.2 Å². The van der Waals surface area contributed by atoms with Crippen LogP contribution >= 0.6 is 35.2 Å². The van der Waals surface area contributed by atoms with Gasteiger partial charge in [-0.3, -0.25) is 23.3 Å². The number of fused-ring (bicyclic) bond motifs is 9. The minimum Gasteiger partial charge on any atom is -0.862 e. The maximum atomic E-state index is 13.4. The predicted molar refractivity (Wildman–Crippen MR) is 324 cm³/mol. The molecule has 3 aliphatic rings. The van der Waals surface area contributed by atoms with Crippen LogP contribution in [0.15, 0.2) is 60.1 Å². The molecule has 30 nitrogen and oxygen atoms in total. The van der Waals surface area contributed by atoms with Crippen molar-refractivity contribution in [1.82, 2.24) is 34.9 Å². The van der Waals surface area contributed by atoms with Crippen molar-refractivity contribution >= 4 is 132 Å². The Bertz CT molecular complexity index is 4090. The summed E-state index contributed by atoms with van der Waals surface area (Å²) < 4.78 is 63.1. The molecule has 0 spiro atoms. The number of nitrogens with two attached hydrogens (primary N) is 1. The zero-order chi connectivity index (χ0) is 65.1. The number of aliphatic hydroxyl groups is 2. The molecule has 11 N–H and O–H groups in total. The number of nitrogens with zero attached hydrogens (tertiary/aromatic N) is 7. The average Bonchev–Trinajstić information content (AvgIpc) is 1.74. The Kier molecular flexibility index (Phi) is 23.0. The Morgan fingerprint density at radius 1 is 0.833 bits per heavy atom. The summed E-state index contributed by atoms with van der Waals surface area (Å²) in [6, 6.07) is 7.67. The van der Waals surface area contributed by atoms with Gasteiger partial charge in [0.05, 0.1) is 42.1 Å². The molecular weight excluding hydrogens is 1310 g/mol. The first-order chi connectivity index (χ1) is 41.8. The summed E-state index contributed by atoms with van der Waals surface area (Å²) in [6.07, 6.45) is -3.36. The SMILES string of the molecule is C=Cc1c(C)c2cc3[nH]c(cc4nc(cc5nc(cc1[nH]2)C(C)=C5CCC(=O)[O-])C(CCC(=O)SCCN=C([O-])CCN=C([O-])C(O)C(C)(C)COP(=O)(O)OP(=O)(O)OCC1OC([n+]2c[nH]c5c(N)ncnc52)C(O)C1OP(=O)(O)O)=C4C)c(C)c3C=C.[Zn]. The van der Waals surface area contributed by atoms with E-state index in [4.69, 9.17) is 34.0 Å². The molecule has 35 heteroatoms. The van der Waals surface area contributed by atoms with Crippen LogP contribution < -0.4 is 25.6 Å². The molecule has 1 fully saturated rings. The third-order valence-corrected chi connectivity index (χ3v) is 18.9. The van der Waals surface area contributed by atoms with E-state index in [0.29, 0.717) is 28.3 Å². The predicted octanol–water partition coefficient (Wildman–Crippen LogP) is 3.77. The fraction of sp³-hybridized carbons (Fsp3) is 0.400. The number of hydrogen-bond acceptors (Lipinski definition) is 23. The summed E-state index contributed by atoms with van der Waals surface area (Å²) in [7, 11) is -16.6. The number of hydrogen-bond donors (Lipinski definition) is 10. The smallest absolute Gasteiger partial charge is 0.481 e. The quantitative estimate of drug-likeness (QED) is 0.00893. The van der Waals surface area contributed by atoms with Crippen LogP contribution in [0.2, 0.25) is 0 Å². The van der Waals surface area contributed by atoms with E-state index in [1.54, 1.807) is 12.2 Å². The summed E-state index contributed by atoms with van der Waals surface area (Å²) in [4.78, 5) is 100. The molecule has 7 atom stereocenters. The van der Waals surface area contributed by atoms with Gasteiger partial charge in [0.15, 0.2) is 23.6 Å². The van der Waals surface area contributed by atoms with Gasteiger partial charge in [-0.1, -0.05) is 55.9 Å². The van der Waals surface area contributed by atoms with Crippen LogP contribution in [-0.2, 0) is 65.4 Å². The summed E-state index contributed by atoms with van der Waals surface area (Å²) in [6.45, 7) is 15.7. The standard InChI is InChI=1S/C55H68N11O19P3S.Zn/c1-9-31-27(3)35-19-36-30(6)34(42(64-36)22-41-33(11-13-45(68)69)29(5)38(65-41)21-40-32(10-2)28(4)37(63-40)20-39(31)62-35)12-14-46(70)89-18-17-57-44(67)15-16-58-53(73)50(72)55(7,8)24-82-88(79,80)85-87(77,78)81-23-43-49(84-86(74,75)76)48(71)54(83-43)66-26-61-47-51(56)59-25-60-52(47)66;/h9-10,19-22,25-26,43,48-50,54,71-72H,1-2,11-18,23-24H2,3-8H3,(H11,56,57,58,59,60,62,63,64,65,67,68,69,73,74,75,76,77,78,79,80);/p-2. The number of H-pyrrole nitrogens is 3. The second-order valence-electron chi connectivity index (χ2n) is 21.5. The minimum absolute atomic E-state index is 0. The zero-order valence-electron chi connectivity index (χ0n) is 49.6. The van der Waals surface area contributed by atoms with E-state index < -0.39 is 97.1 Å². The number of aromatic nitrogens is 8. The van der Waals surface area contributed by atoms with E-state index in [-0.39, 0.29) is 86.0 Å². The van der Waals surface area contributed by atoms with E-state index in [1.807, 2.05) is 52.0 Å². The van der Waals surface area contributed by atoms with Gasteiger partial charge in [0.1, 0.15) is 18.3 Å². The maximum absolute atomic E-state index is 13.4. The van der Waals surface area contributed by atoms with Crippen molar-refractivity contribution in [3.8, 4) is 0 Å². The maximum Gasteiger partial charge on any atom is 0.481 e. The summed E-state index contributed by atoms with van der Waals surface area (Å²) >= 11 is 0.969. The number of phosphoric acid groups is 3. The number of allylic oxidation sites excluding steroid dienone is 4. The van der Waals surface area contributed by atoms with Crippen molar-refractivity contribution < 1.29 is 115 Å². The first-order valence-electron chi connectivity index (χ1n) is 27.4. The van der Waals surface area contributed by atoms with Crippen LogP contribution in [0.4, 0.5) is 5.82 Å². The summed E-state index contributed by atoms with van der Waals surface area (Å²) in [5, 5.41) is 58.9. The van der Waals surface area contributed by atoms with Crippen molar-refractivity contribution in [2.75, 3.05) is 37.8 Å². The second kappa shape index (κ2) is 29.1. The second-order valence-corrected chi connectivity index (χ2v) is 26.9. The Hall–Kier alpha value is -6.27. The topological polar surface area (TPSA) is 476 Å². The Balaban J connectivity index is 0.0000115. The average molecular weight is 1380 g/mol. The number of ether oxygens (including phenoxy) is 1. The van der Waals surface area contributed by atoms with Gasteiger partial charge in [0, 0.05) is 89.3 Å².